The van der Waals surface area contributed by atoms with Gasteiger partial charge in [-0.15, -0.1) is 0 Å². The molecule has 0 atom stereocenters. The number of aryl methyl sites for hydroxylation is 1. The van der Waals surface area contributed by atoms with Crippen LogP contribution in [0.15, 0.2) is 48.7 Å². The van der Waals surface area contributed by atoms with E-state index >= 15 is 0 Å². The first-order valence-electron chi connectivity index (χ1n) is 9.71. The van der Waals surface area contributed by atoms with Crippen molar-refractivity contribution in [2.45, 2.75) is 26.2 Å². The molecule has 0 N–H and O–H groups in total. The summed E-state index contributed by atoms with van der Waals surface area (Å²) in [5.74, 6) is 0.906. The van der Waals surface area contributed by atoms with Gasteiger partial charge in [0.25, 0.3) is 0 Å². The van der Waals surface area contributed by atoms with Crippen molar-refractivity contribution in [2.75, 3.05) is 25.1 Å². The van der Waals surface area contributed by atoms with Crippen molar-refractivity contribution in [3.05, 3.63) is 65.5 Å². The quantitative estimate of drug-likeness (QED) is 0.597. The van der Waals surface area contributed by atoms with Crippen LogP contribution in [0.3, 0.4) is 0 Å². The molecule has 3 nitrogen and oxygen atoms in total. The number of fused-ring (bicyclic) bond motifs is 1. The highest BCUT2D eigenvalue weighted by Crippen LogP contribution is 2.29. The van der Waals surface area contributed by atoms with Gasteiger partial charge >= 0.3 is 0 Å². The Hall–Kier alpha value is -2.81. The average molecular weight is 358 g/mol. The van der Waals surface area contributed by atoms with Crippen LogP contribution < -0.4 is 9.64 Å². The Morgan fingerprint density at radius 2 is 1.74 bits per heavy atom. The molecule has 2 heterocycles. The fourth-order valence-corrected chi connectivity index (χ4v) is 3.90. The van der Waals surface area contributed by atoms with Gasteiger partial charge in [0.05, 0.1) is 12.8 Å². The second-order valence-corrected chi connectivity index (χ2v) is 7.18. The van der Waals surface area contributed by atoms with Crippen LogP contribution in [0.1, 0.15) is 36.1 Å². The van der Waals surface area contributed by atoms with E-state index in [-0.39, 0.29) is 0 Å². The number of pyridine rings is 1. The van der Waals surface area contributed by atoms with E-state index in [2.05, 4.69) is 59.3 Å². The molecule has 0 spiro atoms. The van der Waals surface area contributed by atoms with E-state index in [1.165, 1.54) is 41.5 Å². The molecule has 1 aromatic heterocycles. The fraction of sp³-hybridized carbons (Fsp3) is 0.292. The second kappa shape index (κ2) is 7.83. The lowest BCUT2D eigenvalue weighted by atomic mass is 10.0. The molecule has 3 heteroatoms. The summed E-state index contributed by atoms with van der Waals surface area (Å²) in [7, 11) is 1.72. The number of anilines is 1. The van der Waals surface area contributed by atoms with E-state index in [1.807, 2.05) is 18.3 Å². The van der Waals surface area contributed by atoms with E-state index < -0.39 is 0 Å². The Morgan fingerprint density at radius 3 is 2.56 bits per heavy atom. The van der Waals surface area contributed by atoms with E-state index in [0.717, 1.165) is 29.9 Å². The van der Waals surface area contributed by atoms with Gasteiger partial charge in [-0.3, -0.25) is 4.98 Å². The number of aromatic nitrogens is 1. The maximum absolute atomic E-state index is 5.50. The van der Waals surface area contributed by atoms with Crippen molar-refractivity contribution in [3.63, 3.8) is 0 Å². The van der Waals surface area contributed by atoms with E-state index in [4.69, 9.17) is 4.74 Å². The van der Waals surface area contributed by atoms with Crippen LogP contribution in [-0.4, -0.2) is 25.2 Å². The summed E-state index contributed by atoms with van der Waals surface area (Å²) in [4.78, 5) is 7.13. The first kappa shape index (κ1) is 17.6. The number of benzene rings is 2. The van der Waals surface area contributed by atoms with Gasteiger partial charge in [0, 0.05) is 30.4 Å². The van der Waals surface area contributed by atoms with Crippen molar-refractivity contribution in [2.24, 2.45) is 0 Å². The number of nitrogens with zero attached hydrogens (tertiary/aromatic N) is 2. The van der Waals surface area contributed by atoms with Crippen molar-refractivity contribution in [1.82, 2.24) is 4.98 Å². The largest absolute Gasteiger partial charge is 0.496 e. The van der Waals surface area contributed by atoms with Gasteiger partial charge < -0.3 is 9.64 Å². The molecule has 138 valence electrons. The normalized spacial score (nSPS) is 14.8. The zero-order valence-electron chi connectivity index (χ0n) is 16.1. The zero-order chi connectivity index (χ0) is 18.6. The Labute approximate surface area is 161 Å². The van der Waals surface area contributed by atoms with Crippen molar-refractivity contribution in [3.8, 4) is 5.75 Å². The lowest BCUT2D eigenvalue weighted by molar-refractivity contribution is 0.420. The van der Waals surface area contributed by atoms with Gasteiger partial charge in [-0.2, -0.15) is 0 Å². The fourth-order valence-electron chi connectivity index (χ4n) is 3.90. The highest BCUT2D eigenvalue weighted by Gasteiger charge is 2.13. The minimum absolute atomic E-state index is 0.906. The summed E-state index contributed by atoms with van der Waals surface area (Å²) in [6.45, 7) is 4.45. The molecular weight excluding hydrogens is 332 g/mol. The molecule has 3 aromatic rings. The molecule has 1 saturated heterocycles. The first-order chi connectivity index (χ1) is 13.3. The Morgan fingerprint density at radius 1 is 0.963 bits per heavy atom. The van der Waals surface area contributed by atoms with Crippen LogP contribution in [-0.2, 0) is 0 Å². The van der Waals surface area contributed by atoms with Gasteiger partial charge in [0.15, 0.2) is 0 Å². The predicted molar refractivity (Wildman–Crippen MR) is 114 cm³/mol. The third-order valence-electron chi connectivity index (χ3n) is 5.36. The zero-order valence-corrected chi connectivity index (χ0v) is 16.1. The molecule has 0 radical (unpaired) electrons. The van der Waals surface area contributed by atoms with Crippen LogP contribution in [0.2, 0.25) is 0 Å². The van der Waals surface area contributed by atoms with Gasteiger partial charge in [-0.1, -0.05) is 36.4 Å². The Balaban J connectivity index is 1.66. The minimum atomic E-state index is 0.906. The van der Waals surface area contributed by atoms with Gasteiger partial charge in [0.1, 0.15) is 5.75 Å². The van der Waals surface area contributed by atoms with E-state index in [0.29, 0.717) is 0 Å². The standard InChI is InChI=1S/C24H26N2O/c1-18-17-25-20(16-23(18)26-14-4-3-5-15-26)13-12-19-8-6-10-22-21(19)9-7-11-24(22)27-2/h6-13,16-17H,3-5,14-15H2,1-2H3/b13-12+. The lowest BCUT2D eigenvalue weighted by Crippen LogP contribution is -2.30. The van der Waals surface area contributed by atoms with Crippen LogP contribution in [0.5, 0.6) is 5.75 Å². The van der Waals surface area contributed by atoms with Gasteiger partial charge in [-0.05, 0) is 60.9 Å². The van der Waals surface area contributed by atoms with Crippen LogP contribution in [0, 0.1) is 6.92 Å². The van der Waals surface area contributed by atoms with Crippen LogP contribution in [0.4, 0.5) is 5.69 Å². The molecule has 1 aliphatic rings. The molecule has 0 saturated carbocycles. The first-order valence-corrected chi connectivity index (χ1v) is 9.71. The molecule has 0 bridgehead atoms. The van der Waals surface area contributed by atoms with Crippen LogP contribution >= 0.6 is 0 Å². The highest BCUT2D eigenvalue weighted by atomic mass is 16.5. The Bertz CT molecular complexity index is 971. The van der Waals surface area contributed by atoms with Crippen molar-refractivity contribution >= 4 is 28.6 Å². The lowest BCUT2D eigenvalue weighted by Gasteiger charge is -2.30. The van der Waals surface area contributed by atoms with Gasteiger partial charge in [0.2, 0.25) is 0 Å². The van der Waals surface area contributed by atoms with E-state index in [1.54, 1.807) is 7.11 Å². The SMILES string of the molecule is COc1cccc2c(/C=C/c3cc(N4CCCCC4)c(C)cn3)cccc12. The van der Waals surface area contributed by atoms with E-state index in [9.17, 15) is 0 Å². The average Bonchev–Trinajstić information content (AvgIpc) is 2.73. The molecule has 0 aliphatic carbocycles. The van der Waals surface area contributed by atoms with Crippen molar-refractivity contribution in [1.29, 1.82) is 0 Å². The number of hydrogen-bond acceptors (Lipinski definition) is 3. The third-order valence-corrected chi connectivity index (χ3v) is 5.36. The highest BCUT2D eigenvalue weighted by molar-refractivity contribution is 5.96. The summed E-state index contributed by atoms with van der Waals surface area (Å²) in [6.07, 6.45) is 10.2. The maximum atomic E-state index is 5.50. The van der Waals surface area contributed by atoms with Gasteiger partial charge in [-0.25, -0.2) is 0 Å². The molecule has 2 aromatic carbocycles. The Kier molecular flexibility index (Phi) is 5.10. The predicted octanol–water partition coefficient (Wildman–Crippen LogP) is 5.71. The topological polar surface area (TPSA) is 25.4 Å². The number of piperidine rings is 1. The monoisotopic (exact) mass is 358 g/mol. The molecule has 4 rings (SSSR count). The third kappa shape index (κ3) is 3.68. The summed E-state index contributed by atoms with van der Waals surface area (Å²) in [5, 5.41) is 2.32. The minimum Gasteiger partial charge on any atom is -0.496 e. The summed E-state index contributed by atoms with van der Waals surface area (Å²) >= 11 is 0. The number of hydrogen-bond donors (Lipinski definition) is 0. The van der Waals surface area contributed by atoms with Crippen molar-refractivity contribution < 1.29 is 4.74 Å². The smallest absolute Gasteiger partial charge is 0.126 e. The second-order valence-electron chi connectivity index (χ2n) is 7.18. The number of ether oxygens (including phenoxy) is 1. The molecule has 27 heavy (non-hydrogen) atoms. The summed E-state index contributed by atoms with van der Waals surface area (Å²) in [5.41, 5.74) is 4.75. The number of methoxy groups -OCH3 is 1. The summed E-state index contributed by atoms with van der Waals surface area (Å²) in [6, 6.07) is 14.7. The molecule has 0 unspecified atom stereocenters. The number of rotatable bonds is 4. The molecule has 1 fully saturated rings. The maximum Gasteiger partial charge on any atom is 0.126 e. The van der Waals surface area contributed by atoms with Crippen LogP contribution in [0.25, 0.3) is 22.9 Å². The molecular formula is C24H26N2O. The molecule has 0 amide bonds. The summed E-state index contributed by atoms with van der Waals surface area (Å²) < 4.78 is 5.50. The molecule has 1 aliphatic heterocycles.